The van der Waals surface area contributed by atoms with Crippen LogP contribution >= 0.6 is 0 Å². The summed E-state index contributed by atoms with van der Waals surface area (Å²) in [5.41, 5.74) is 7.40. The first-order valence-electron chi connectivity index (χ1n) is 9.31. The van der Waals surface area contributed by atoms with Crippen molar-refractivity contribution in [3.63, 3.8) is 0 Å². The van der Waals surface area contributed by atoms with E-state index in [-0.39, 0.29) is 6.04 Å². The first kappa shape index (κ1) is 18.5. The van der Waals surface area contributed by atoms with Crippen molar-refractivity contribution in [3.8, 4) is 11.1 Å². The average Bonchev–Trinajstić information content (AvgIpc) is 3.01. The molecule has 3 aromatic heterocycles. The van der Waals surface area contributed by atoms with Gasteiger partial charge in [0.1, 0.15) is 11.3 Å². The molecule has 3 rings (SSSR count). The smallest absolute Gasteiger partial charge is 0.160 e. The molecule has 3 heterocycles. The van der Waals surface area contributed by atoms with Crippen LogP contribution in [0, 0.1) is 20.8 Å². The Morgan fingerprint density at radius 1 is 1.08 bits per heavy atom. The fraction of sp³-hybridized carbons (Fsp3) is 0.476. The van der Waals surface area contributed by atoms with Crippen molar-refractivity contribution in [2.75, 3.05) is 13.7 Å². The number of nitrogens with zero attached hydrogens (tertiary/aromatic N) is 4. The molecule has 0 amide bonds. The van der Waals surface area contributed by atoms with Gasteiger partial charge in [0, 0.05) is 42.2 Å². The summed E-state index contributed by atoms with van der Waals surface area (Å²) in [5.74, 6) is 1.05. The maximum absolute atomic E-state index is 5.44. The number of hydrogen-bond acceptors (Lipinski definition) is 4. The molecule has 0 aliphatic carbocycles. The van der Waals surface area contributed by atoms with Crippen LogP contribution in [0.1, 0.15) is 49.1 Å². The minimum Gasteiger partial charge on any atom is -0.383 e. The minimum absolute atomic E-state index is 0.238. The quantitative estimate of drug-likeness (QED) is 0.652. The highest BCUT2D eigenvalue weighted by Crippen LogP contribution is 2.32. The lowest BCUT2D eigenvalue weighted by Gasteiger charge is -2.18. The third kappa shape index (κ3) is 3.12. The molecule has 138 valence electrons. The number of rotatable bonds is 6. The predicted molar refractivity (Wildman–Crippen MR) is 106 cm³/mol. The van der Waals surface area contributed by atoms with Gasteiger partial charge >= 0.3 is 0 Å². The summed E-state index contributed by atoms with van der Waals surface area (Å²) >= 11 is 0. The Labute approximate surface area is 155 Å². The molecular weight excluding hydrogens is 324 g/mol. The second kappa shape index (κ2) is 7.54. The van der Waals surface area contributed by atoms with Crippen molar-refractivity contribution in [1.29, 1.82) is 0 Å². The molecule has 0 aromatic carbocycles. The highest BCUT2D eigenvalue weighted by molar-refractivity contribution is 5.91. The topological polar surface area (TPSA) is 52.8 Å². The zero-order valence-electron chi connectivity index (χ0n) is 16.6. The Morgan fingerprint density at radius 2 is 1.85 bits per heavy atom. The van der Waals surface area contributed by atoms with Crippen molar-refractivity contribution < 1.29 is 4.74 Å². The number of aromatic nitrogens is 4. The molecule has 26 heavy (non-hydrogen) atoms. The summed E-state index contributed by atoms with van der Waals surface area (Å²) in [6.07, 6.45) is 3.71. The van der Waals surface area contributed by atoms with Crippen LogP contribution in [0.5, 0.6) is 0 Å². The van der Waals surface area contributed by atoms with Crippen LogP contribution in [0.25, 0.3) is 22.3 Å². The summed E-state index contributed by atoms with van der Waals surface area (Å²) in [5, 5.41) is 0. The third-order valence-electron chi connectivity index (χ3n) is 5.11. The molecule has 0 saturated heterocycles. The zero-order valence-corrected chi connectivity index (χ0v) is 16.6. The maximum atomic E-state index is 5.44. The number of ether oxygens (including phenoxy) is 1. The molecule has 3 aromatic rings. The first-order chi connectivity index (χ1) is 12.5. The Hall–Kier alpha value is -2.27. The number of imidazole rings is 1. The van der Waals surface area contributed by atoms with Crippen molar-refractivity contribution in [1.82, 2.24) is 19.5 Å². The van der Waals surface area contributed by atoms with Crippen molar-refractivity contribution >= 4 is 11.2 Å². The fourth-order valence-corrected chi connectivity index (χ4v) is 3.55. The second-order valence-corrected chi connectivity index (χ2v) is 6.82. The molecule has 0 radical (unpaired) electrons. The average molecular weight is 352 g/mol. The van der Waals surface area contributed by atoms with E-state index in [9.17, 15) is 0 Å². The van der Waals surface area contributed by atoms with Crippen LogP contribution in [-0.2, 0) is 11.2 Å². The SMILES string of the molecule is CCc1nc2c(-c3cc(C)c(C)nc3C)ccnc2n1C(CC)COC. The minimum atomic E-state index is 0.238. The number of methoxy groups -OCH3 is 1. The van der Waals surface area contributed by atoms with E-state index < -0.39 is 0 Å². The van der Waals surface area contributed by atoms with Crippen LogP contribution in [0.3, 0.4) is 0 Å². The highest BCUT2D eigenvalue weighted by Gasteiger charge is 2.21. The molecule has 0 aliphatic heterocycles. The third-order valence-corrected chi connectivity index (χ3v) is 5.11. The molecule has 0 aliphatic rings. The predicted octanol–water partition coefficient (Wildman–Crippen LogP) is 4.58. The van der Waals surface area contributed by atoms with Gasteiger partial charge in [0.25, 0.3) is 0 Å². The van der Waals surface area contributed by atoms with Crippen LogP contribution in [0.2, 0.25) is 0 Å². The molecule has 1 atom stereocenters. The van der Waals surface area contributed by atoms with Gasteiger partial charge in [-0.1, -0.05) is 13.8 Å². The van der Waals surface area contributed by atoms with E-state index in [0.717, 1.165) is 52.3 Å². The van der Waals surface area contributed by atoms with Crippen molar-refractivity contribution in [3.05, 3.63) is 41.1 Å². The molecule has 5 heteroatoms. The summed E-state index contributed by atoms with van der Waals surface area (Å²) in [6, 6.07) is 4.50. The normalized spacial score (nSPS) is 12.7. The molecule has 0 saturated carbocycles. The Morgan fingerprint density at radius 3 is 2.50 bits per heavy atom. The lowest BCUT2D eigenvalue weighted by molar-refractivity contribution is 0.153. The Bertz CT molecular complexity index is 929. The van der Waals surface area contributed by atoms with Gasteiger partial charge in [-0.3, -0.25) is 4.98 Å². The summed E-state index contributed by atoms with van der Waals surface area (Å²) < 4.78 is 7.70. The number of fused-ring (bicyclic) bond motifs is 1. The fourth-order valence-electron chi connectivity index (χ4n) is 3.55. The van der Waals surface area contributed by atoms with E-state index in [1.165, 1.54) is 5.56 Å². The maximum Gasteiger partial charge on any atom is 0.160 e. The molecule has 5 nitrogen and oxygen atoms in total. The van der Waals surface area contributed by atoms with Crippen molar-refractivity contribution in [2.24, 2.45) is 0 Å². The highest BCUT2D eigenvalue weighted by atomic mass is 16.5. The van der Waals surface area contributed by atoms with E-state index in [1.54, 1.807) is 7.11 Å². The van der Waals surface area contributed by atoms with Crippen molar-refractivity contribution in [2.45, 2.75) is 53.5 Å². The standard InChI is InChI=1S/C21H28N4O/c1-7-16(12-26-6)25-19(8-2)24-20-17(9-10-22-21(20)25)18-11-13(3)14(4)23-15(18)5/h9-11,16H,7-8,12H2,1-6H3. The van der Waals surface area contributed by atoms with Gasteiger partial charge in [-0.15, -0.1) is 0 Å². The summed E-state index contributed by atoms with van der Waals surface area (Å²) in [6.45, 7) is 11.2. The van der Waals surface area contributed by atoms with Crippen LogP contribution in [0.15, 0.2) is 18.3 Å². The van der Waals surface area contributed by atoms with Gasteiger partial charge in [0.05, 0.1) is 12.6 Å². The van der Waals surface area contributed by atoms with E-state index in [1.807, 2.05) is 6.20 Å². The van der Waals surface area contributed by atoms with Gasteiger partial charge in [-0.2, -0.15) is 0 Å². The number of aryl methyl sites for hydroxylation is 4. The largest absolute Gasteiger partial charge is 0.383 e. The monoisotopic (exact) mass is 352 g/mol. The van der Waals surface area contributed by atoms with E-state index in [2.05, 4.69) is 56.3 Å². The molecule has 0 spiro atoms. The van der Waals surface area contributed by atoms with Crippen LogP contribution in [-0.4, -0.2) is 33.2 Å². The molecule has 0 fully saturated rings. The summed E-state index contributed by atoms with van der Waals surface area (Å²) in [4.78, 5) is 14.4. The van der Waals surface area contributed by atoms with Crippen LogP contribution in [0.4, 0.5) is 0 Å². The van der Waals surface area contributed by atoms with E-state index >= 15 is 0 Å². The molecule has 1 unspecified atom stereocenters. The van der Waals surface area contributed by atoms with E-state index in [4.69, 9.17) is 14.7 Å². The van der Waals surface area contributed by atoms with Crippen LogP contribution < -0.4 is 0 Å². The van der Waals surface area contributed by atoms with E-state index in [0.29, 0.717) is 6.61 Å². The lowest BCUT2D eigenvalue weighted by Crippen LogP contribution is -2.16. The van der Waals surface area contributed by atoms with Gasteiger partial charge in [-0.05, 0) is 44.9 Å². The van der Waals surface area contributed by atoms with Gasteiger partial charge in [0.2, 0.25) is 0 Å². The van der Waals surface area contributed by atoms with Gasteiger partial charge in [0.15, 0.2) is 5.65 Å². The zero-order chi connectivity index (χ0) is 18.8. The number of hydrogen-bond donors (Lipinski definition) is 0. The Balaban J connectivity index is 2.27. The first-order valence-corrected chi connectivity index (χ1v) is 9.31. The van der Waals surface area contributed by atoms with Gasteiger partial charge in [-0.25, -0.2) is 9.97 Å². The lowest BCUT2D eigenvalue weighted by atomic mass is 10.0. The van der Waals surface area contributed by atoms with Gasteiger partial charge < -0.3 is 9.30 Å². The Kier molecular flexibility index (Phi) is 5.37. The summed E-state index contributed by atoms with van der Waals surface area (Å²) in [7, 11) is 1.75. The molecular formula is C21H28N4O. The molecule has 0 bridgehead atoms. The second-order valence-electron chi connectivity index (χ2n) is 6.82. The number of pyridine rings is 2. The molecule has 0 N–H and O–H groups in total.